The van der Waals surface area contributed by atoms with Gasteiger partial charge in [0.25, 0.3) is 0 Å². The third-order valence-electron chi connectivity index (χ3n) is 5.02. The lowest BCUT2D eigenvalue weighted by Gasteiger charge is -2.36. The number of rotatable bonds is 5. The lowest BCUT2D eigenvalue weighted by Crippen LogP contribution is -2.49. The molecule has 2 heterocycles. The third kappa shape index (κ3) is 4.62. The van der Waals surface area contributed by atoms with Crippen molar-refractivity contribution in [3.05, 3.63) is 72.3 Å². The maximum atomic E-state index is 13.5. The quantitative estimate of drug-likeness (QED) is 0.601. The fourth-order valence-corrected chi connectivity index (χ4v) is 4.35. The van der Waals surface area contributed by atoms with Crippen molar-refractivity contribution in [1.29, 1.82) is 0 Å². The van der Waals surface area contributed by atoms with Crippen LogP contribution in [0, 0.1) is 12.7 Å². The molecular formula is C22H23FN4OS. The molecule has 29 heavy (non-hydrogen) atoms. The number of piperazine rings is 1. The Morgan fingerprint density at radius 3 is 2.59 bits per heavy atom. The number of halogens is 1. The summed E-state index contributed by atoms with van der Waals surface area (Å²) in [4.78, 5) is 21.2. The van der Waals surface area contributed by atoms with Gasteiger partial charge in [0.1, 0.15) is 5.82 Å². The predicted octanol–water partition coefficient (Wildman–Crippen LogP) is 3.76. The van der Waals surface area contributed by atoms with Gasteiger partial charge in [0, 0.05) is 44.3 Å². The SMILES string of the molecule is Cc1cccc(N2CCN(C(=O)CSc3nccn3-c3cccc(F)c3)CC2)c1. The van der Waals surface area contributed by atoms with E-state index in [0.717, 1.165) is 13.1 Å². The van der Waals surface area contributed by atoms with Gasteiger partial charge in [-0.2, -0.15) is 0 Å². The summed E-state index contributed by atoms with van der Waals surface area (Å²) < 4.78 is 15.3. The summed E-state index contributed by atoms with van der Waals surface area (Å²) in [6.07, 6.45) is 3.44. The molecule has 0 N–H and O–H groups in total. The number of carbonyl (C=O) groups is 1. The first-order chi connectivity index (χ1) is 14.1. The van der Waals surface area contributed by atoms with Gasteiger partial charge in [-0.15, -0.1) is 0 Å². The molecule has 1 saturated heterocycles. The molecule has 5 nitrogen and oxygen atoms in total. The Balaban J connectivity index is 1.33. The first kappa shape index (κ1) is 19.5. The number of carbonyl (C=O) groups excluding carboxylic acids is 1. The smallest absolute Gasteiger partial charge is 0.233 e. The molecule has 2 aromatic carbocycles. The van der Waals surface area contributed by atoms with Crippen LogP contribution in [0.3, 0.4) is 0 Å². The minimum atomic E-state index is -0.297. The van der Waals surface area contributed by atoms with E-state index in [1.165, 1.54) is 35.1 Å². The van der Waals surface area contributed by atoms with Crippen molar-refractivity contribution < 1.29 is 9.18 Å². The summed E-state index contributed by atoms with van der Waals surface area (Å²) >= 11 is 1.38. The van der Waals surface area contributed by atoms with Crippen molar-refractivity contribution in [2.75, 3.05) is 36.8 Å². The molecule has 150 valence electrons. The van der Waals surface area contributed by atoms with Gasteiger partial charge in [-0.3, -0.25) is 9.36 Å². The molecule has 0 spiro atoms. The topological polar surface area (TPSA) is 41.4 Å². The van der Waals surface area contributed by atoms with E-state index in [2.05, 4.69) is 41.1 Å². The number of benzene rings is 2. The van der Waals surface area contributed by atoms with Crippen LogP contribution in [0.5, 0.6) is 0 Å². The number of nitrogens with zero attached hydrogens (tertiary/aromatic N) is 4. The van der Waals surface area contributed by atoms with Gasteiger partial charge in [0.05, 0.1) is 11.4 Å². The first-order valence-corrected chi connectivity index (χ1v) is 10.6. The number of hydrogen-bond donors (Lipinski definition) is 0. The zero-order valence-corrected chi connectivity index (χ0v) is 17.1. The van der Waals surface area contributed by atoms with Crippen LogP contribution in [0.1, 0.15) is 5.56 Å². The molecule has 1 aliphatic rings. The Morgan fingerprint density at radius 2 is 1.83 bits per heavy atom. The van der Waals surface area contributed by atoms with Crippen molar-refractivity contribution in [3.8, 4) is 5.69 Å². The van der Waals surface area contributed by atoms with Crippen LogP contribution in [0.15, 0.2) is 66.1 Å². The highest BCUT2D eigenvalue weighted by atomic mass is 32.2. The molecule has 4 rings (SSSR count). The van der Waals surface area contributed by atoms with Gasteiger partial charge >= 0.3 is 0 Å². The highest BCUT2D eigenvalue weighted by Gasteiger charge is 2.22. The Bertz CT molecular complexity index is 998. The Hall–Kier alpha value is -2.80. The van der Waals surface area contributed by atoms with Crippen molar-refractivity contribution in [2.24, 2.45) is 0 Å². The number of imidazole rings is 1. The maximum absolute atomic E-state index is 13.5. The molecule has 1 fully saturated rings. The molecule has 0 saturated carbocycles. The molecule has 0 bridgehead atoms. The minimum absolute atomic E-state index is 0.104. The maximum Gasteiger partial charge on any atom is 0.233 e. The molecule has 0 aliphatic carbocycles. The molecular weight excluding hydrogens is 387 g/mol. The average Bonchev–Trinajstić information content (AvgIpc) is 3.21. The lowest BCUT2D eigenvalue weighted by molar-refractivity contribution is -0.128. The number of aromatic nitrogens is 2. The second kappa shape index (κ2) is 8.69. The van der Waals surface area contributed by atoms with Crippen LogP contribution in [-0.2, 0) is 4.79 Å². The zero-order chi connectivity index (χ0) is 20.2. The molecule has 1 amide bonds. The number of aryl methyl sites for hydroxylation is 1. The van der Waals surface area contributed by atoms with E-state index in [9.17, 15) is 9.18 Å². The molecule has 0 unspecified atom stereocenters. The summed E-state index contributed by atoms with van der Waals surface area (Å²) in [7, 11) is 0. The van der Waals surface area contributed by atoms with Gasteiger partial charge in [0.2, 0.25) is 5.91 Å². The van der Waals surface area contributed by atoms with Gasteiger partial charge in [0.15, 0.2) is 5.16 Å². The average molecular weight is 411 g/mol. The van der Waals surface area contributed by atoms with Gasteiger partial charge in [-0.25, -0.2) is 9.37 Å². The fraction of sp³-hybridized carbons (Fsp3) is 0.273. The zero-order valence-electron chi connectivity index (χ0n) is 16.3. The minimum Gasteiger partial charge on any atom is -0.368 e. The molecule has 0 atom stereocenters. The Morgan fingerprint density at radius 1 is 1.07 bits per heavy atom. The van der Waals surface area contributed by atoms with E-state index in [1.54, 1.807) is 23.0 Å². The summed E-state index contributed by atoms with van der Waals surface area (Å²) in [5.41, 5.74) is 3.15. The van der Waals surface area contributed by atoms with E-state index in [1.807, 2.05) is 11.0 Å². The molecule has 1 aliphatic heterocycles. The van der Waals surface area contributed by atoms with Crippen molar-refractivity contribution >= 4 is 23.4 Å². The molecule has 1 aromatic heterocycles. The van der Waals surface area contributed by atoms with Crippen molar-refractivity contribution in [1.82, 2.24) is 14.5 Å². The van der Waals surface area contributed by atoms with Gasteiger partial charge < -0.3 is 9.80 Å². The van der Waals surface area contributed by atoms with Crippen molar-refractivity contribution in [2.45, 2.75) is 12.1 Å². The van der Waals surface area contributed by atoms with Crippen molar-refractivity contribution in [3.63, 3.8) is 0 Å². The number of amides is 1. The largest absolute Gasteiger partial charge is 0.368 e. The summed E-state index contributed by atoms with van der Waals surface area (Å²) in [5, 5.41) is 0.683. The van der Waals surface area contributed by atoms with Crippen LogP contribution in [0.4, 0.5) is 10.1 Å². The molecule has 3 aromatic rings. The molecule has 7 heteroatoms. The van der Waals surface area contributed by atoms with Crippen LogP contribution in [0.25, 0.3) is 5.69 Å². The monoisotopic (exact) mass is 410 g/mol. The van der Waals surface area contributed by atoms with Crippen LogP contribution >= 0.6 is 11.8 Å². The predicted molar refractivity (Wildman–Crippen MR) is 114 cm³/mol. The number of hydrogen-bond acceptors (Lipinski definition) is 4. The fourth-order valence-electron chi connectivity index (χ4n) is 3.48. The van der Waals surface area contributed by atoms with E-state index in [4.69, 9.17) is 0 Å². The lowest BCUT2D eigenvalue weighted by atomic mass is 10.2. The first-order valence-electron chi connectivity index (χ1n) is 9.61. The number of anilines is 1. The number of thioether (sulfide) groups is 1. The van der Waals surface area contributed by atoms with Crippen LogP contribution < -0.4 is 4.90 Å². The van der Waals surface area contributed by atoms with Gasteiger partial charge in [-0.1, -0.05) is 30.0 Å². The summed E-state index contributed by atoms with van der Waals surface area (Å²) in [6.45, 7) is 5.18. The van der Waals surface area contributed by atoms with Crippen LogP contribution in [0.2, 0.25) is 0 Å². The van der Waals surface area contributed by atoms with E-state index in [0.29, 0.717) is 29.7 Å². The van der Waals surface area contributed by atoms with Crippen LogP contribution in [-0.4, -0.2) is 52.3 Å². The Labute approximate surface area is 174 Å². The highest BCUT2D eigenvalue weighted by molar-refractivity contribution is 7.99. The third-order valence-corrected chi connectivity index (χ3v) is 5.97. The van der Waals surface area contributed by atoms with E-state index >= 15 is 0 Å². The van der Waals surface area contributed by atoms with Gasteiger partial charge in [-0.05, 0) is 42.8 Å². The second-order valence-electron chi connectivity index (χ2n) is 7.06. The highest BCUT2D eigenvalue weighted by Crippen LogP contribution is 2.22. The normalized spacial score (nSPS) is 14.3. The summed E-state index contributed by atoms with van der Waals surface area (Å²) in [6, 6.07) is 14.8. The Kier molecular flexibility index (Phi) is 5.85. The molecule has 0 radical (unpaired) electrons. The van der Waals surface area contributed by atoms with E-state index < -0.39 is 0 Å². The second-order valence-corrected chi connectivity index (χ2v) is 8.00. The summed E-state index contributed by atoms with van der Waals surface area (Å²) in [5.74, 6) is 0.124. The van der Waals surface area contributed by atoms with E-state index in [-0.39, 0.29) is 11.7 Å². The standard InChI is InChI=1S/C22H23FN4OS/c1-17-4-2-6-19(14-17)25-10-12-26(13-11-25)21(28)16-29-22-24-8-9-27(22)20-7-3-5-18(23)15-20/h2-9,14-15H,10-13,16H2,1H3.